The van der Waals surface area contributed by atoms with E-state index in [2.05, 4.69) is 22.2 Å². The van der Waals surface area contributed by atoms with Crippen molar-refractivity contribution < 1.29 is 0 Å². The number of hydrogen-bond donors (Lipinski definition) is 1. The molecule has 18 heavy (non-hydrogen) atoms. The van der Waals surface area contributed by atoms with Crippen molar-refractivity contribution in [2.75, 3.05) is 19.6 Å². The van der Waals surface area contributed by atoms with E-state index in [0.29, 0.717) is 6.04 Å². The first-order chi connectivity index (χ1) is 8.63. The lowest BCUT2D eigenvalue weighted by atomic mass is 10.2. The van der Waals surface area contributed by atoms with Crippen LogP contribution in [0.5, 0.6) is 0 Å². The molecular formula is C13H23ClN4. The van der Waals surface area contributed by atoms with Crippen LogP contribution in [0.15, 0.2) is 0 Å². The fraction of sp³-hybridized carbons (Fsp3) is 0.769. The van der Waals surface area contributed by atoms with Gasteiger partial charge in [0.05, 0.1) is 16.4 Å². The predicted octanol–water partition coefficient (Wildman–Crippen LogP) is 1.96. The third kappa shape index (κ3) is 2.87. The van der Waals surface area contributed by atoms with Gasteiger partial charge in [-0.05, 0) is 32.9 Å². The molecule has 5 heteroatoms. The summed E-state index contributed by atoms with van der Waals surface area (Å²) < 4.78 is 1.92. The highest BCUT2D eigenvalue weighted by Gasteiger charge is 2.26. The molecule has 1 N–H and O–H groups in total. The van der Waals surface area contributed by atoms with Gasteiger partial charge in [-0.3, -0.25) is 9.58 Å². The number of nitrogens with zero attached hydrogens (tertiary/aromatic N) is 3. The molecule has 1 unspecified atom stereocenters. The third-order valence-electron chi connectivity index (χ3n) is 3.74. The van der Waals surface area contributed by atoms with Gasteiger partial charge in [0.2, 0.25) is 0 Å². The van der Waals surface area contributed by atoms with Crippen LogP contribution in [0, 0.1) is 6.92 Å². The Kier molecular flexibility index (Phi) is 4.65. The minimum absolute atomic E-state index is 0.635. The third-order valence-corrected chi connectivity index (χ3v) is 4.24. The molecule has 1 fully saturated rings. The fourth-order valence-corrected chi connectivity index (χ4v) is 2.91. The number of aromatic nitrogens is 2. The van der Waals surface area contributed by atoms with E-state index in [1.165, 1.54) is 12.8 Å². The smallest absolute Gasteiger partial charge is 0.0860 e. The van der Waals surface area contributed by atoms with E-state index < -0.39 is 0 Å². The van der Waals surface area contributed by atoms with E-state index in [-0.39, 0.29) is 0 Å². The van der Waals surface area contributed by atoms with Crippen LogP contribution in [0.2, 0.25) is 5.02 Å². The summed E-state index contributed by atoms with van der Waals surface area (Å²) in [5, 5.41) is 8.65. The van der Waals surface area contributed by atoms with Gasteiger partial charge in [-0.25, -0.2) is 0 Å². The molecule has 1 aromatic heterocycles. The molecule has 1 aliphatic rings. The largest absolute Gasteiger partial charge is 0.315 e. The van der Waals surface area contributed by atoms with Crippen LogP contribution in [-0.4, -0.2) is 40.4 Å². The molecule has 0 bridgehead atoms. The van der Waals surface area contributed by atoms with Gasteiger partial charge in [0, 0.05) is 26.2 Å². The minimum Gasteiger partial charge on any atom is -0.315 e. The molecule has 0 amide bonds. The maximum Gasteiger partial charge on any atom is 0.0860 e. The average Bonchev–Trinajstić information content (AvgIpc) is 2.87. The molecule has 1 aliphatic heterocycles. The van der Waals surface area contributed by atoms with Crippen LogP contribution in [-0.2, 0) is 13.6 Å². The Balaban J connectivity index is 2.03. The number of hydrogen-bond acceptors (Lipinski definition) is 3. The lowest BCUT2D eigenvalue weighted by Gasteiger charge is -2.24. The number of likely N-dealkylation sites (tertiary alicyclic amines) is 1. The summed E-state index contributed by atoms with van der Waals surface area (Å²) in [5.74, 6) is 0. The molecule has 0 aliphatic carbocycles. The fourth-order valence-electron chi connectivity index (χ4n) is 2.69. The molecule has 4 nitrogen and oxygen atoms in total. The van der Waals surface area contributed by atoms with Crippen molar-refractivity contribution in [2.45, 2.75) is 39.3 Å². The zero-order chi connectivity index (χ0) is 13.1. The number of likely N-dealkylation sites (N-methyl/N-ethyl adjacent to an activating group) is 1. The Bertz CT molecular complexity index is 402. The Morgan fingerprint density at radius 1 is 1.50 bits per heavy atom. The molecule has 102 valence electrons. The van der Waals surface area contributed by atoms with Crippen LogP contribution in [0.1, 0.15) is 31.2 Å². The molecule has 0 aromatic carbocycles. The van der Waals surface area contributed by atoms with Crippen LogP contribution < -0.4 is 5.32 Å². The second-order valence-corrected chi connectivity index (χ2v) is 5.42. The van der Waals surface area contributed by atoms with Gasteiger partial charge < -0.3 is 5.32 Å². The Morgan fingerprint density at radius 3 is 2.89 bits per heavy atom. The molecule has 0 radical (unpaired) electrons. The van der Waals surface area contributed by atoms with Gasteiger partial charge in [-0.1, -0.05) is 18.5 Å². The van der Waals surface area contributed by atoms with Crippen molar-refractivity contribution in [1.82, 2.24) is 20.0 Å². The second-order valence-electron chi connectivity index (χ2n) is 5.04. The highest BCUT2D eigenvalue weighted by Crippen LogP contribution is 2.25. The van der Waals surface area contributed by atoms with Crippen molar-refractivity contribution >= 4 is 11.6 Å². The van der Waals surface area contributed by atoms with E-state index in [4.69, 9.17) is 11.6 Å². The first-order valence-corrected chi connectivity index (χ1v) is 7.14. The van der Waals surface area contributed by atoms with E-state index in [1.54, 1.807) is 0 Å². The first kappa shape index (κ1) is 13.8. The van der Waals surface area contributed by atoms with E-state index in [0.717, 1.165) is 42.6 Å². The molecular weight excluding hydrogens is 248 g/mol. The highest BCUT2D eigenvalue weighted by molar-refractivity contribution is 6.31. The average molecular weight is 271 g/mol. The van der Waals surface area contributed by atoms with Gasteiger partial charge in [0.25, 0.3) is 0 Å². The first-order valence-electron chi connectivity index (χ1n) is 6.76. The number of nitrogens with one attached hydrogen (secondary N) is 1. The lowest BCUT2D eigenvalue weighted by molar-refractivity contribution is 0.234. The van der Waals surface area contributed by atoms with Crippen LogP contribution in [0.25, 0.3) is 0 Å². The zero-order valence-corrected chi connectivity index (χ0v) is 12.3. The van der Waals surface area contributed by atoms with Gasteiger partial charge in [-0.2, -0.15) is 5.10 Å². The highest BCUT2D eigenvalue weighted by atomic mass is 35.5. The van der Waals surface area contributed by atoms with Crippen molar-refractivity contribution in [3.8, 4) is 0 Å². The van der Waals surface area contributed by atoms with Crippen molar-refractivity contribution in [3.05, 3.63) is 16.4 Å². The molecule has 2 rings (SSSR count). The maximum atomic E-state index is 6.32. The summed E-state index contributed by atoms with van der Waals surface area (Å²) in [6, 6.07) is 0.635. The summed E-state index contributed by atoms with van der Waals surface area (Å²) in [6.45, 7) is 8.30. The van der Waals surface area contributed by atoms with Crippen molar-refractivity contribution in [1.29, 1.82) is 0 Å². The molecule has 0 spiro atoms. The molecule has 0 saturated carbocycles. The van der Waals surface area contributed by atoms with E-state index in [9.17, 15) is 0 Å². The Labute approximate surface area is 114 Å². The molecule has 2 heterocycles. The van der Waals surface area contributed by atoms with E-state index in [1.807, 2.05) is 18.7 Å². The summed E-state index contributed by atoms with van der Waals surface area (Å²) in [7, 11) is 1.98. The number of rotatable bonds is 5. The number of halogens is 1. The molecule has 1 saturated heterocycles. The summed E-state index contributed by atoms with van der Waals surface area (Å²) in [4.78, 5) is 2.52. The Hall–Kier alpha value is -0.580. The zero-order valence-electron chi connectivity index (χ0n) is 11.5. The Morgan fingerprint density at radius 2 is 2.28 bits per heavy atom. The monoisotopic (exact) mass is 270 g/mol. The molecule has 1 atom stereocenters. The van der Waals surface area contributed by atoms with E-state index >= 15 is 0 Å². The second kappa shape index (κ2) is 6.04. The van der Waals surface area contributed by atoms with Gasteiger partial charge in [-0.15, -0.1) is 0 Å². The quantitative estimate of drug-likeness (QED) is 0.888. The standard InChI is InChI=1S/C13H23ClN4/c1-4-15-8-11-6-5-7-18(11)9-12-13(14)10(2)16-17(12)3/h11,15H,4-9H2,1-3H3. The molecule has 1 aromatic rings. The van der Waals surface area contributed by atoms with Crippen LogP contribution >= 0.6 is 11.6 Å². The summed E-state index contributed by atoms with van der Waals surface area (Å²) in [5.41, 5.74) is 2.06. The summed E-state index contributed by atoms with van der Waals surface area (Å²) in [6.07, 6.45) is 2.56. The SMILES string of the molecule is CCNCC1CCCN1Cc1c(Cl)c(C)nn1C. The minimum atomic E-state index is 0.635. The normalized spacial score (nSPS) is 20.8. The van der Waals surface area contributed by atoms with Crippen molar-refractivity contribution in [3.63, 3.8) is 0 Å². The van der Waals surface area contributed by atoms with Crippen LogP contribution in [0.4, 0.5) is 0 Å². The van der Waals surface area contributed by atoms with Gasteiger partial charge in [0.1, 0.15) is 0 Å². The predicted molar refractivity (Wildman–Crippen MR) is 74.9 cm³/mol. The van der Waals surface area contributed by atoms with Gasteiger partial charge in [0.15, 0.2) is 0 Å². The lowest BCUT2D eigenvalue weighted by Crippen LogP contribution is -2.37. The van der Waals surface area contributed by atoms with Crippen molar-refractivity contribution in [2.24, 2.45) is 7.05 Å². The van der Waals surface area contributed by atoms with Gasteiger partial charge >= 0.3 is 0 Å². The number of aryl methyl sites for hydroxylation is 2. The van der Waals surface area contributed by atoms with Crippen LogP contribution in [0.3, 0.4) is 0 Å². The topological polar surface area (TPSA) is 33.1 Å². The maximum absolute atomic E-state index is 6.32. The summed E-state index contributed by atoms with van der Waals surface area (Å²) >= 11 is 6.32.